The van der Waals surface area contributed by atoms with Gasteiger partial charge in [0.05, 0.1) is 11.4 Å². The highest BCUT2D eigenvalue weighted by Crippen LogP contribution is 2.36. The fourth-order valence-electron chi connectivity index (χ4n) is 4.31. The molecule has 0 aliphatic heterocycles. The molecule has 0 amide bonds. The zero-order chi connectivity index (χ0) is 20.5. The van der Waals surface area contributed by atoms with Crippen molar-refractivity contribution in [3.05, 3.63) is 66.5 Å². The van der Waals surface area contributed by atoms with Crippen LogP contribution in [0, 0.1) is 5.82 Å². The molecule has 0 atom stereocenters. The van der Waals surface area contributed by atoms with Crippen LogP contribution in [-0.2, 0) is 0 Å². The molecule has 1 aliphatic carbocycles. The Bertz CT molecular complexity index is 1150. The van der Waals surface area contributed by atoms with E-state index in [4.69, 9.17) is 5.73 Å². The lowest BCUT2D eigenvalue weighted by Gasteiger charge is -2.20. The van der Waals surface area contributed by atoms with Gasteiger partial charge in [-0.25, -0.2) is 19.3 Å². The van der Waals surface area contributed by atoms with E-state index in [-0.39, 0.29) is 11.8 Å². The minimum atomic E-state index is -0.285. The van der Waals surface area contributed by atoms with E-state index < -0.39 is 0 Å². The highest BCUT2D eigenvalue weighted by atomic mass is 19.1. The first-order valence-corrected chi connectivity index (χ1v) is 10.3. The van der Waals surface area contributed by atoms with Gasteiger partial charge >= 0.3 is 0 Å². The summed E-state index contributed by atoms with van der Waals surface area (Å²) in [5.41, 5.74) is 10.1. The van der Waals surface area contributed by atoms with Crippen molar-refractivity contribution in [2.24, 2.45) is 0 Å². The monoisotopic (exact) mass is 402 g/mol. The van der Waals surface area contributed by atoms with Crippen molar-refractivity contribution < 1.29 is 4.39 Å². The third-order valence-electron chi connectivity index (χ3n) is 5.83. The molecule has 30 heavy (non-hydrogen) atoms. The van der Waals surface area contributed by atoms with Gasteiger partial charge in [0.1, 0.15) is 23.7 Å². The lowest BCUT2D eigenvalue weighted by Crippen LogP contribution is -2.03. The number of imidazole rings is 1. The Labute approximate surface area is 174 Å². The Morgan fingerprint density at radius 2 is 1.83 bits per heavy atom. The maximum absolute atomic E-state index is 13.5. The molecule has 1 aliphatic rings. The number of nitrogens with one attached hydrogen (secondary N) is 1. The van der Waals surface area contributed by atoms with Gasteiger partial charge in [-0.1, -0.05) is 19.3 Å². The van der Waals surface area contributed by atoms with Crippen molar-refractivity contribution in [1.29, 1.82) is 0 Å². The lowest BCUT2D eigenvalue weighted by atomic mass is 9.85. The fraction of sp³-hybridized carbons (Fsp3) is 0.261. The molecule has 5 rings (SSSR count). The molecule has 1 saturated carbocycles. The molecule has 0 unspecified atom stereocenters. The maximum Gasteiger partial charge on any atom is 0.220 e. The number of nitrogens with two attached hydrogens (primary N) is 1. The minimum Gasteiger partial charge on any atom is -0.368 e. The van der Waals surface area contributed by atoms with Crippen molar-refractivity contribution in [3.63, 3.8) is 0 Å². The van der Waals surface area contributed by atoms with E-state index in [0.29, 0.717) is 17.3 Å². The van der Waals surface area contributed by atoms with Gasteiger partial charge in [0.25, 0.3) is 0 Å². The second-order valence-electron chi connectivity index (χ2n) is 7.77. The van der Waals surface area contributed by atoms with Crippen LogP contribution in [0.1, 0.15) is 43.6 Å². The molecule has 152 valence electrons. The summed E-state index contributed by atoms with van der Waals surface area (Å²) in [6.07, 6.45) is 11.9. The summed E-state index contributed by atoms with van der Waals surface area (Å²) in [5.74, 6) is 1.43. The smallest absolute Gasteiger partial charge is 0.220 e. The largest absolute Gasteiger partial charge is 0.368 e. The third-order valence-corrected chi connectivity index (χ3v) is 5.83. The standard InChI is InChI=1S/C23H23FN6/c24-18-8-6-16(7-9-18)21-22(19-10-11-26-23(25)29-19)30(14-28-21)20-12-17(13-27-20)15-4-2-1-3-5-15/h6-15,27H,1-5H2,(H2,25,26,29). The van der Waals surface area contributed by atoms with Crippen LogP contribution in [0.3, 0.4) is 0 Å². The summed E-state index contributed by atoms with van der Waals surface area (Å²) in [4.78, 5) is 16.5. The van der Waals surface area contributed by atoms with Crippen LogP contribution in [0.4, 0.5) is 10.3 Å². The number of nitrogens with zero attached hydrogens (tertiary/aromatic N) is 4. The first-order chi connectivity index (χ1) is 14.7. The summed E-state index contributed by atoms with van der Waals surface area (Å²) >= 11 is 0. The first-order valence-electron chi connectivity index (χ1n) is 10.3. The number of aromatic amines is 1. The SMILES string of the molecule is Nc1nccc(-c2c(-c3ccc(F)cc3)ncn2-c2cc(C3CCCCC3)c[nH]2)n1. The van der Waals surface area contributed by atoms with E-state index in [0.717, 1.165) is 17.1 Å². The van der Waals surface area contributed by atoms with Gasteiger partial charge in [0.15, 0.2) is 0 Å². The number of hydrogen-bond donors (Lipinski definition) is 2. The van der Waals surface area contributed by atoms with Gasteiger partial charge in [-0.2, -0.15) is 0 Å². The molecule has 1 aromatic carbocycles. The molecule has 7 heteroatoms. The third kappa shape index (κ3) is 3.47. The highest BCUT2D eigenvalue weighted by molar-refractivity contribution is 5.78. The van der Waals surface area contributed by atoms with E-state index in [1.54, 1.807) is 24.7 Å². The number of rotatable bonds is 4. The molecular weight excluding hydrogens is 379 g/mol. The number of hydrogen-bond acceptors (Lipinski definition) is 4. The molecule has 3 aromatic heterocycles. The van der Waals surface area contributed by atoms with Crippen LogP contribution in [0.5, 0.6) is 0 Å². The van der Waals surface area contributed by atoms with Crippen molar-refractivity contribution in [3.8, 4) is 28.5 Å². The second-order valence-corrected chi connectivity index (χ2v) is 7.77. The number of anilines is 1. The summed E-state index contributed by atoms with van der Waals surface area (Å²) in [6, 6.07) is 10.3. The summed E-state index contributed by atoms with van der Waals surface area (Å²) < 4.78 is 15.4. The molecule has 6 nitrogen and oxygen atoms in total. The predicted octanol–water partition coefficient (Wildman–Crippen LogP) is 5.09. The van der Waals surface area contributed by atoms with Crippen LogP contribution >= 0.6 is 0 Å². The Morgan fingerprint density at radius 3 is 2.60 bits per heavy atom. The number of benzene rings is 1. The number of H-pyrrole nitrogens is 1. The van der Waals surface area contributed by atoms with E-state index >= 15 is 0 Å². The van der Waals surface area contributed by atoms with Crippen molar-refractivity contribution in [1.82, 2.24) is 24.5 Å². The van der Waals surface area contributed by atoms with E-state index in [1.807, 2.05) is 10.6 Å². The molecule has 0 radical (unpaired) electrons. The normalized spacial score (nSPS) is 14.8. The van der Waals surface area contributed by atoms with Crippen LogP contribution < -0.4 is 5.73 Å². The number of aromatic nitrogens is 5. The quantitative estimate of drug-likeness (QED) is 0.498. The van der Waals surface area contributed by atoms with Gasteiger partial charge in [-0.15, -0.1) is 0 Å². The van der Waals surface area contributed by atoms with E-state index in [1.165, 1.54) is 49.8 Å². The van der Waals surface area contributed by atoms with Gasteiger partial charge < -0.3 is 10.7 Å². The summed E-state index contributed by atoms with van der Waals surface area (Å²) in [6.45, 7) is 0. The molecule has 0 bridgehead atoms. The topological polar surface area (TPSA) is 85.4 Å². The van der Waals surface area contributed by atoms with Crippen molar-refractivity contribution in [2.45, 2.75) is 38.0 Å². The Morgan fingerprint density at radius 1 is 1.03 bits per heavy atom. The van der Waals surface area contributed by atoms with Gasteiger partial charge in [-0.05, 0) is 60.7 Å². The summed E-state index contributed by atoms with van der Waals surface area (Å²) in [5, 5.41) is 0. The Balaban J connectivity index is 1.62. The predicted molar refractivity (Wildman–Crippen MR) is 115 cm³/mol. The van der Waals surface area contributed by atoms with Crippen LogP contribution in [0.15, 0.2) is 55.1 Å². The van der Waals surface area contributed by atoms with Gasteiger partial charge in [-0.3, -0.25) is 4.57 Å². The average Bonchev–Trinajstić information content (AvgIpc) is 3.42. The highest BCUT2D eigenvalue weighted by Gasteiger charge is 2.21. The lowest BCUT2D eigenvalue weighted by molar-refractivity contribution is 0.444. The zero-order valence-corrected chi connectivity index (χ0v) is 16.6. The average molecular weight is 402 g/mol. The molecule has 3 N–H and O–H groups in total. The van der Waals surface area contributed by atoms with E-state index in [2.05, 4.69) is 32.2 Å². The molecule has 0 spiro atoms. The molecule has 4 aromatic rings. The minimum absolute atomic E-state index is 0.194. The van der Waals surface area contributed by atoms with Gasteiger partial charge in [0, 0.05) is 18.0 Å². The molecular formula is C23H23FN6. The van der Waals surface area contributed by atoms with Crippen LogP contribution in [0.2, 0.25) is 0 Å². The van der Waals surface area contributed by atoms with Crippen LogP contribution in [-0.4, -0.2) is 24.5 Å². The Kier molecular flexibility index (Phi) is 4.78. The Hall–Kier alpha value is -3.48. The maximum atomic E-state index is 13.5. The van der Waals surface area contributed by atoms with Crippen molar-refractivity contribution in [2.75, 3.05) is 5.73 Å². The van der Waals surface area contributed by atoms with Gasteiger partial charge in [0.2, 0.25) is 5.95 Å². The number of nitrogen functional groups attached to an aromatic ring is 1. The molecule has 3 heterocycles. The second kappa shape index (κ2) is 7.74. The fourth-order valence-corrected chi connectivity index (χ4v) is 4.31. The zero-order valence-electron chi connectivity index (χ0n) is 16.6. The summed E-state index contributed by atoms with van der Waals surface area (Å²) in [7, 11) is 0. The number of halogens is 1. The van der Waals surface area contributed by atoms with E-state index in [9.17, 15) is 4.39 Å². The molecule has 0 saturated heterocycles. The first kappa shape index (κ1) is 18.5. The molecule has 1 fully saturated rings. The van der Waals surface area contributed by atoms with Crippen LogP contribution in [0.25, 0.3) is 28.5 Å². The van der Waals surface area contributed by atoms with Crippen molar-refractivity contribution >= 4 is 5.95 Å².